The minimum Gasteiger partial charge on any atom is -0.478 e. The number of carbonyl (C=O) groups is 5. The van der Waals surface area contributed by atoms with Crippen molar-refractivity contribution in [3.63, 3.8) is 0 Å². The second kappa shape index (κ2) is 13.0. The topological polar surface area (TPSA) is 285 Å². The predicted octanol–water partition coefficient (Wildman–Crippen LogP) is -2.17. The lowest BCUT2D eigenvalue weighted by atomic mass is 10.0. The zero-order valence-electron chi connectivity index (χ0n) is 25.3. The second-order valence-electron chi connectivity index (χ2n) is 11.3. The molecule has 2 fully saturated rings. The Labute approximate surface area is 274 Å². The lowest BCUT2D eigenvalue weighted by Crippen LogP contribution is -2.71. The molecule has 0 spiro atoms. The van der Waals surface area contributed by atoms with Crippen molar-refractivity contribution in [1.82, 2.24) is 34.9 Å². The van der Waals surface area contributed by atoms with E-state index in [0.717, 1.165) is 29.4 Å². The number of urea groups is 1. The third-order valence-electron chi connectivity index (χ3n) is 7.57. The van der Waals surface area contributed by atoms with Crippen LogP contribution in [0.5, 0.6) is 0 Å². The largest absolute Gasteiger partial charge is 0.478 e. The van der Waals surface area contributed by atoms with Crippen molar-refractivity contribution in [3.8, 4) is 0 Å². The summed E-state index contributed by atoms with van der Waals surface area (Å²) in [7, 11) is 1.64. The first-order valence-electron chi connectivity index (χ1n) is 14.1. The molecule has 0 saturated carbocycles. The molecular weight excluding hydrogens is 660 g/mol. The van der Waals surface area contributed by atoms with Crippen LogP contribution in [-0.2, 0) is 37.6 Å². The highest BCUT2D eigenvalue weighted by Crippen LogP contribution is 2.40. The number of carbonyl (C=O) groups excluding carboxylic acids is 3. The van der Waals surface area contributed by atoms with Crippen molar-refractivity contribution in [3.05, 3.63) is 23.3 Å². The number of hydrogen-bond acceptors (Lipinski definition) is 14. The van der Waals surface area contributed by atoms with Crippen LogP contribution in [-0.4, -0.2) is 107 Å². The first-order valence-corrected chi connectivity index (χ1v) is 15.9. The summed E-state index contributed by atoms with van der Waals surface area (Å²) in [5, 5.41) is 33.6. The summed E-state index contributed by atoms with van der Waals surface area (Å²) in [6.45, 7) is 3.93. The lowest BCUT2D eigenvalue weighted by Gasteiger charge is -2.49. The maximum absolute atomic E-state index is 13.3. The van der Waals surface area contributed by atoms with Gasteiger partial charge in [-0.2, -0.15) is 9.36 Å². The Bertz CT molecular complexity index is 1700. The molecule has 3 atom stereocenters. The molecule has 47 heavy (non-hydrogen) atoms. The standard InChI is InChI=1S/C25H32N12O8S2/c1-25(2,22(42)43)45-33-13(17-32-23(27)47-34-17)18(38)31-14-19(39)37-15(21(40)41)10(9-46-20(14)37)7-36-8-12(16(26)35(36)3)30-24(44)29-11-4-5-28-6-11/h8,11,14,20,26,28H,4-7,9H2,1-3H3,(H7,27,29,30,31,32,34,38,40,41,42,43,44)/p+1/b33-13-/t11-,14+,20+/m0/s1. The molecule has 4 amide bonds. The number of fused-ring (bicyclic) bond motifs is 1. The molecule has 10 N–H and O–H groups in total. The molecule has 3 aliphatic rings. The van der Waals surface area contributed by atoms with E-state index in [-0.39, 0.29) is 40.8 Å². The van der Waals surface area contributed by atoms with Crippen molar-refractivity contribution in [2.75, 3.05) is 35.6 Å². The molecule has 2 aromatic heterocycles. The SMILES string of the molecule is Cn1c(N)c(NC(=O)N[C@H]2CCNC2)c[n+]1CC1=C(C(=O)O)N2C(=O)[C@@H](NC(=O)/C(=N\OC(C)(C)C(=O)O)c3nsc(N)n3)[C@H]2SC1. The summed E-state index contributed by atoms with van der Waals surface area (Å²) in [6, 6.07) is -1.59. The van der Waals surface area contributed by atoms with Crippen molar-refractivity contribution in [2.45, 2.75) is 49.9 Å². The normalized spacial score (nSPS) is 21.2. The fourth-order valence-corrected chi connectivity index (χ4v) is 6.68. The van der Waals surface area contributed by atoms with Gasteiger partial charge in [0.15, 0.2) is 23.2 Å². The summed E-state index contributed by atoms with van der Waals surface area (Å²) in [5.41, 5.74) is 9.99. The van der Waals surface area contributed by atoms with Crippen LogP contribution in [0.2, 0.25) is 0 Å². The summed E-state index contributed by atoms with van der Waals surface area (Å²) in [5.74, 6) is -4.19. The van der Waals surface area contributed by atoms with E-state index in [2.05, 4.69) is 35.8 Å². The highest BCUT2D eigenvalue weighted by atomic mass is 32.2. The zero-order chi connectivity index (χ0) is 34.2. The third kappa shape index (κ3) is 6.78. The number of nitrogens with one attached hydrogen (secondary N) is 4. The van der Waals surface area contributed by atoms with Gasteiger partial charge in [0.2, 0.25) is 23.3 Å². The van der Waals surface area contributed by atoms with Crippen LogP contribution in [0.1, 0.15) is 26.1 Å². The fourth-order valence-electron chi connectivity index (χ4n) is 4.91. The number of nitrogens with zero attached hydrogens (tertiary/aromatic N) is 6. The van der Waals surface area contributed by atoms with E-state index in [4.69, 9.17) is 16.3 Å². The summed E-state index contributed by atoms with van der Waals surface area (Å²) in [6.07, 6.45) is 2.37. The number of anilines is 3. The first kappa shape index (κ1) is 33.4. The van der Waals surface area contributed by atoms with Gasteiger partial charge in [-0.05, 0) is 26.8 Å². The Kier molecular flexibility index (Phi) is 9.27. The van der Waals surface area contributed by atoms with Gasteiger partial charge in [-0.3, -0.25) is 19.8 Å². The van der Waals surface area contributed by atoms with Crippen molar-refractivity contribution < 1.29 is 43.7 Å². The molecule has 5 rings (SSSR count). The molecule has 2 saturated heterocycles. The number of aliphatic carboxylic acids is 2. The number of thioether (sulfide) groups is 1. The van der Waals surface area contributed by atoms with Crippen LogP contribution < -0.4 is 37.4 Å². The number of aromatic nitrogens is 4. The Morgan fingerprint density at radius 2 is 2.00 bits per heavy atom. The van der Waals surface area contributed by atoms with E-state index in [0.29, 0.717) is 17.8 Å². The summed E-state index contributed by atoms with van der Waals surface area (Å²) < 4.78 is 7.09. The Morgan fingerprint density at radius 3 is 2.62 bits per heavy atom. The molecule has 252 valence electrons. The molecule has 22 heteroatoms. The van der Waals surface area contributed by atoms with Gasteiger partial charge >= 0.3 is 18.0 Å². The molecule has 0 aromatic carbocycles. The van der Waals surface area contributed by atoms with E-state index in [1.54, 1.807) is 22.6 Å². The third-order valence-corrected chi connectivity index (χ3v) is 9.45. The first-order chi connectivity index (χ1) is 22.2. The Morgan fingerprint density at radius 1 is 1.26 bits per heavy atom. The van der Waals surface area contributed by atoms with Gasteiger partial charge < -0.3 is 42.5 Å². The van der Waals surface area contributed by atoms with Gasteiger partial charge in [-0.15, -0.1) is 21.1 Å². The van der Waals surface area contributed by atoms with Crippen molar-refractivity contribution >= 4 is 75.4 Å². The number of rotatable bonds is 11. The Hall–Kier alpha value is -4.96. The summed E-state index contributed by atoms with van der Waals surface area (Å²) >= 11 is 1.98. The van der Waals surface area contributed by atoms with Crippen molar-refractivity contribution in [1.29, 1.82) is 0 Å². The van der Waals surface area contributed by atoms with Crippen molar-refractivity contribution in [2.24, 2.45) is 12.2 Å². The zero-order valence-corrected chi connectivity index (χ0v) is 27.0. The van der Waals surface area contributed by atoms with E-state index >= 15 is 0 Å². The number of carboxylic acid groups (broad SMARTS) is 2. The van der Waals surface area contributed by atoms with Gasteiger partial charge in [0.25, 0.3) is 11.8 Å². The second-order valence-corrected chi connectivity index (χ2v) is 13.1. The Balaban J connectivity index is 1.31. The number of hydrogen-bond donors (Lipinski definition) is 8. The van der Waals surface area contributed by atoms with Gasteiger partial charge in [-0.1, -0.05) is 5.16 Å². The van der Waals surface area contributed by atoms with Crippen LogP contribution in [0.25, 0.3) is 0 Å². The molecule has 5 heterocycles. The van der Waals surface area contributed by atoms with E-state index in [9.17, 15) is 34.2 Å². The van der Waals surface area contributed by atoms with Crippen LogP contribution in [0, 0.1) is 0 Å². The van der Waals surface area contributed by atoms with Gasteiger partial charge in [-0.25, -0.2) is 14.4 Å². The minimum atomic E-state index is -1.82. The van der Waals surface area contributed by atoms with Gasteiger partial charge in [0.05, 0.1) is 7.05 Å². The van der Waals surface area contributed by atoms with Crippen LogP contribution in [0.4, 0.5) is 21.4 Å². The highest BCUT2D eigenvalue weighted by molar-refractivity contribution is 8.00. The van der Waals surface area contributed by atoms with E-state index in [1.807, 2.05) is 0 Å². The molecule has 2 aromatic rings. The number of amides is 4. The summed E-state index contributed by atoms with van der Waals surface area (Å²) in [4.78, 5) is 73.1. The number of nitrogen functional groups attached to an aromatic ring is 2. The molecule has 0 radical (unpaired) electrons. The number of nitrogens with two attached hydrogens (primary N) is 2. The monoisotopic (exact) mass is 693 g/mol. The number of oxime groups is 1. The maximum Gasteiger partial charge on any atom is 0.352 e. The smallest absolute Gasteiger partial charge is 0.352 e. The molecule has 0 unspecified atom stereocenters. The predicted molar refractivity (Wildman–Crippen MR) is 167 cm³/mol. The minimum absolute atomic E-state index is 0.00105. The molecule has 3 aliphatic heterocycles. The molecular formula is C25H33N12O8S2+. The van der Waals surface area contributed by atoms with E-state index in [1.165, 1.54) is 25.6 Å². The number of carboxylic acids is 2. The highest BCUT2D eigenvalue weighted by Gasteiger charge is 2.55. The lowest BCUT2D eigenvalue weighted by molar-refractivity contribution is -0.765. The molecule has 0 bridgehead atoms. The molecule has 20 nitrogen and oxygen atoms in total. The average molecular weight is 694 g/mol. The van der Waals surface area contributed by atoms with Gasteiger partial charge in [0, 0.05) is 35.4 Å². The van der Waals surface area contributed by atoms with E-state index < -0.39 is 52.5 Å². The maximum atomic E-state index is 13.3. The van der Waals surface area contributed by atoms with Gasteiger partial charge in [0.1, 0.15) is 17.1 Å². The number of β-lactam (4-membered cyclic amide) rings is 1. The van der Waals surface area contributed by atoms with Crippen LogP contribution in [0.15, 0.2) is 22.6 Å². The van der Waals surface area contributed by atoms with Crippen LogP contribution in [0.3, 0.4) is 0 Å². The fraction of sp³-hybridized carbons (Fsp3) is 0.480. The quantitative estimate of drug-likeness (QED) is 0.0538. The van der Waals surface area contributed by atoms with Crippen LogP contribution >= 0.6 is 23.3 Å². The average Bonchev–Trinajstić information content (AvgIpc) is 3.74. The molecule has 0 aliphatic carbocycles.